The summed E-state index contributed by atoms with van der Waals surface area (Å²) in [6.45, 7) is 8.84. The second kappa shape index (κ2) is 8.98. The molecule has 0 saturated carbocycles. The predicted octanol–water partition coefficient (Wildman–Crippen LogP) is -0.905. The zero-order valence-electron chi connectivity index (χ0n) is 15.5. The molecule has 0 aromatic carbocycles. The van der Waals surface area contributed by atoms with E-state index in [0.29, 0.717) is 19.3 Å². The monoisotopic (exact) mass is 368 g/mol. The van der Waals surface area contributed by atoms with Crippen molar-refractivity contribution >= 4 is 11.9 Å². The first-order chi connectivity index (χ1) is 12.5. The molecule has 0 aromatic rings. The smallest absolute Gasteiger partial charge is 0.304 e. The van der Waals surface area contributed by atoms with Gasteiger partial charge in [-0.25, -0.2) is 0 Å². The third-order valence-corrected chi connectivity index (χ3v) is 5.80. The summed E-state index contributed by atoms with van der Waals surface area (Å²) in [5.41, 5.74) is 5.57. The van der Waals surface area contributed by atoms with Gasteiger partial charge >= 0.3 is 5.97 Å². The molecule has 0 bridgehead atoms. The lowest BCUT2D eigenvalue weighted by atomic mass is 10.0. The first-order valence-electron chi connectivity index (χ1n) is 9.62. The van der Waals surface area contributed by atoms with E-state index in [1.807, 2.05) is 4.90 Å². The molecule has 0 spiro atoms. The van der Waals surface area contributed by atoms with Crippen molar-refractivity contribution in [1.82, 2.24) is 19.6 Å². The van der Waals surface area contributed by atoms with Crippen molar-refractivity contribution in [2.45, 2.75) is 31.4 Å². The minimum absolute atomic E-state index is 0.182. The van der Waals surface area contributed by atoms with E-state index >= 15 is 0 Å². The Bertz CT molecular complexity index is 489. The van der Waals surface area contributed by atoms with E-state index in [9.17, 15) is 4.79 Å². The van der Waals surface area contributed by atoms with Crippen LogP contribution in [-0.2, 0) is 9.53 Å². The summed E-state index contributed by atoms with van der Waals surface area (Å²) in [5, 5.41) is 16.3. The number of carboxylic acids is 1. The largest absolute Gasteiger partial charge is 0.481 e. The second-order valence-corrected chi connectivity index (χ2v) is 7.58. The fraction of sp³-hybridized carbons (Fsp3) is 0.882. The Balaban J connectivity index is 1.34. The molecule has 3 aliphatic rings. The van der Waals surface area contributed by atoms with E-state index in [2.05, 4.69) is 14.7 Å². The highest BCUT2D eigenvalue weighted by Crippen LogP contribution is 2.21. The quantitative estimate of drug-likeness (QED) is 0.409. The predicted molar refractivity (Wildman–Crippen MR) is 98.1 cm³/mol. The molecule has 3 fully saturated rings. The van der Waals surface area contributed by atoms with Gasteiger partial charge in [0, 0.05) is 64.9 Å². The number of piperidine rings is 1. The molecule has 0 radical (unpaired) electrons. The Morgan fingerprint density at radius 1 is 1.12 bits per heavy atom. The van der Waals surface area contributed by atoms with Crippen molar-refractivity contribution in [3.8, 4) is 0 Å². The maximum absolute atomic E-state index is 10.7. The van der Waals surface area contributed by atoms with Crippen LogP contribution in [0, 0.1) is 5.41 Å². The van der Waals surface area contributed by atoms with Crippen LogP contribution in [0.4, 0.5) is 0 Å². The molecule has 26 heavy (non-hydrogen) atoms. The number of hydrogen-bond acceptors (Lipinski definition) is 6. The van der Waals surface area contributed by atoms with Crippen molar-refractivity contribution < 1.29 is 14.6 Å². The lowest BCUT2D eigenvalue weighted by Crippen LogP contribution is -2.50. The molecular weight excluding hydrogens is 336 g/mol. The summed E-state index contributed by atoms with van der Waals surface area (Å²) in [4.78, 5) is 19.7. The number of aliphatic carboxylic acids is 1. The number of rotatable bonds is 6. The SMILES string of the molecule is N=C(N)N1CCC(N2COC(CN3CCN(CCC(=O)O)CC3)C2)CC1. The summed E-state index contributed by atoms with van der Waals surface area (Å²) in [7, 11) is 0. The van der Waals surface area contributed by atoms with Gasteiger partial charge in [-0.1, -0.05) is 0 Å². The molecule has 9 heteroatoms. The highest BCUT2D eigenvalue weighted by molar-refractivity contribution is 5.74. The molecule has 1 unspecified atom stereocenters. The second-order valence-electron chi connectivity index (χ2n) is 7.58. The minimum atomic E-state index is -0.721. The van der Waals surface area contributed by atoms with Gasteiger partial charge in [0.05, 0.1) is 19.3 Å². The highest BCUT2D eigenvalue weighted by Gasteiger charge is 2.32. The molecule has 0 aliphatic carbocycles. The topological polar surface area (TPSA) is 109 Å². The third-order valence-electron chi connectivity index (χ3n) is 5.80. The van der Waals surface area contributed by atoms with Crippen LogP contribution in [0.3, 0.4) is 0 Å². The molecule has 1 atom stereocenters. The molecule has 3 rings (SSSR count). The van der Waals surface area contributed by atoms with Crippen molar-refractivity contribution in [3.63, 3.8) is 0 Å². The van der Waals surface area contributed by atoms with Crippen molar-refractivity contribution in [2.75, 3.05) is 65.6 Å². The highest BCUT2D eigenvalue weighted by atomic mass is 16.5. The van der Waals surface area contributed by atoms with Gasteiger partial charge in [-0.05, 0) is 12.8 Å². The lowest BCUT2D eigenvalue weighted by molar-refractivity contribution is -0.137. The zero-order valence-corrected chi connectivity index (χ0v) is 15.5. The van der Waals surface area contributed by atoms with Crippen molar-refractivity contribution in [2.24, 2.45) is 5.73 Å². The van der Waals surface area contributed by atoms with Crippen LogP contribution in [-0.4, -0.2) is 114 Å². The number of guanidine groups is 1. The normalized spacial score (nSPS) is 27.1. The molecule has 0 amide bonds. The first kappa shape index (κ1) is 19.3. The van der Waals surface area contributed by atoms with Gasteiger partial charge < -0.3 is 25.4 Å². The van der Waals surface area contributed by atoms with Crippen molar-refractivity contribution in [3.05, 3.63) is 0 Å². The number of likely N-dealkylation sites (tertiary alicyclic amines) is 1. The Kier molecular flexibility index (Phi) is 6.68. The molecule has 3 aliphatic heterocycles. The number of carboxylic acid groups (broad SMARTS) is 1. The number of carbonyl (C=O) groups is 1. The number of ether oxygens (including phenoxy) is 1. The maximum Gasteiger partial charge on any atom is 0.304 e. The van der Waals surface area contributed by atoms with Gasteiger partial charge in [0.25, 0.3) is 0 Å². The summed E-state index contributed by atoms with van der Waals surface area (Å²) in [5.74, 6) is -0.539. The van der Waals surface area contributed by atoms with E-state index in [1.165, 1.54) is 0 Å². The Labute approximate surface area is 155 Å². The number of hydrogen-bond donors (Lipinski definition) is 3. The average Bonchev–Trinajstić information content (AvgIpc) is 3.09. The Morgan fingerprint density at radius 2 is 1.77 bits per heavy atom. The van der Waals surface area contributed by atoms with Gasteiger partial charge in [0.2, 0.25) is 0 Å². The van der Waals surface area contributed by atoms with Crippen LogP contribution in [0.2, 0.25) is 0 Å². The van der Waals surface area contributed by atoms with Gasteiger partial charge in [0.15, 0.2) is 5.96 Å². The van der Waals surface area contributed by atoms with E-state index < -0.39 is 5.97 Å². The minimum Gasteiger partial charge on any atom is -0.481 e. The van der Waals surface area contributed by atoms with Crippen LogP contribution in [0.25, 0.3) is 0 Å². The first-order valence-corrected chi connectivity index (χ1v) is 9.62. The molecular formula is C17H32N6O3. The van der Waals surface area contributed by atoms with Crippen LogP contribution >= 0.6 is 0 Å². The van der Waals surface area contributed by atoms with Gasteiger partial charge in [-0.2, -0.15) is 0 Å². The third kappa shape index (κ3) is 5.29. The zero-order chi connectivity index (χ0) is 18.5. The summed E-state index contributed by atoms with van der Waals surface area (Å²) >= 11 is 0. The standard InChI is InChI=1S/C17H32N6O3/c18-17(19)22-5-1-14(2-6-22)23-12-15(26-13-23)11-21-9-7-20(8-10-21)4-3-16(24)25/h14-15H,1-13H2,(H3,18,19)(H,24,25). The number of piperazine rings is 1. The molecule has 148 valence electrons. The fourth-order valence-electron chi connectivity index (χ4n) is 4.14. The van der Waals surface area contributed by atoms with Gasteiger partial charge in [-0.3, -0.25) is 20.0 Å². The number of nitrogens with zero attached hydrogens (tertiary/aromatic N) is 4. The number of nitrogens with two attached hydrogens (primary N) is 1. The molecule has 3 saturated heterocycles. The van der Waals surface area contributed by atoms with Crippen LogP contribution < -0.4 is 5.73 Å². The summed E-state index contributed by atoms with van der Waals surface area (Å²) in [6.07, 6.45) is 2.56. The average molecular weight is 368 g/mol. The maximum atomic E-state index is 10.7. The Hall–Kier alpha value is -1.42. The van der Waals surface area contributed by atoms with Crippen LogP contribution in [0.5, 0.6) is 0 Å². The molecule has 0 aromatic heterocycles. The lowest BCUT2D eigenvalue weighted by Gasteiger charge is -2.36. The van der Waals surface area contributed by atoms with Crippen LogP contribution in [0.15, 0.2) is 0 Å². The summed E-state index contributed by atoms with van der Waals surface area (Å²) in [6, 6.07) is 0.531. The van der Waals surface area contributed by atoms with E-state index in [4.69, 9.17) is 21.0 Å². The molecule has 4 N–H and O–H groups in total. The molecule has 9 nitrogen and oxygen atoms in total. The van der Waals surface area contributed by atoms with Crippen LogP contribution in [0.1, 0.15) is 19.3 Å². The Morgan fingerprint density at radius 3 is 2.38 bits per heavy atom. The van der Waals surface area contributed by atoms with E-state index in [-0.39, 0.29) is 18.5 Å². The summed E-state index contributed by atoms with van der Waals surface area (Å²) < 4.78 is 6.01. The van der Waals surface area contributed by atoms with Gasteiger partial charge in [0.1, 0.15) is 0 Å². The fourth-order valence-corrected chi connectivity index (χ4v) is 4.14. The van der Waals surface area contributed by atoms with Gasteiger partial charge in [-0.15, -0.1) is 0 Å². The van der Waals surface area contributed by atoms with E-state index in [1.54, 1.807) is 0 Å². The number of nitrogens with one attached hydrogen (secondary N) is 1. The van der Waals surface area contributed by atoms with E-state index in [0.717, 1.165) is 65.2 Å². The molecule has 3 heterocycles. The van der Waals surface area contributed by atoms with Crippen molar-refractivity contribution in [1.29, 1.82) is 5.41 Å².